The van der Waals surface area contributed by atoms with Gasteiger partial charge in [-0.25, -0.2) is 9.18 Å². The molecule has 1 aliphatic heterocycles. The number of esters is 1. The first-order valence-corrected chi connectivity index (χ1v) is 3.57. The standard InChI is InChI=1S/C7H11FO3/c1-10-7(9)6-4-5(8)2-3-11-6/h5-6H,2-4H2,1H3/t5-,6-/m0/s1. The van der Waals surface area contributed by atoms with E-state index < -0.39 is 18.2 Å². The zero-order chi connectivity index (χ0) is 8.27. The fraction of sp³-hybridized carbons (Fsp3) is 0.857. The van der Waals surface area contributed by atoms with Crippen LogP contribution in [0.25, 0.3) is 0 Å². The van der Waals surface area contributed by atoms with E-state index in [0.29, 0.717) is 13.0 Å². The smallest absolute Gasteiger partial charge is 0.335 e. The van der Waals surface area contributed by atoms with Crippen LogP contribution in [0, 0.1) is 0 Å². The van der Waals surface area contributed by atoms with Gasteiger partial charge in [0.25, 0.3) is 0 Å². The van der Waals surface area contributed by atoms with Crippen LogP contribution in [0.1, 0.15) is 12.8 Å². The third-order valence-corrected chi connectivity index (χ3v) is 1.68. The lowest BCUT2D eigenvalue weighted by Crippen LogP contribution is -2.33. The Morgan fingerprint density at radius 1 is 1.73 bits per heavy atom. The second-order valence-electron chi connectivity index (χ2n) is 2.50. The Morgan fingerprint density at radius 3 is 3.00 bits per heavy atom. The SMILES string of the molecule is COC(=O)[C@@H]1C[C@@H](F)CCO1. The molecular formula is C7H11FO3. The number of carbonyl (C=O) groups excluding carboxylic acids is 1. The molecule has 64 valence electrons. The molecule has 4 heteroatoms. The summed E-state index contributed by atoms with van der Waals surface area (Å²) >= 11 is 0. The molecule has 1 fully saturated rings. The number of hydrogen-bond acceptors (Lipinski definition) is 3. The lowest BCUT2D eigenvalue weighted by Gasteiger charge is -2.22. The molecule has 0 aromatic heterocycles. The quantitative estimate of drug-likeness (QED) is 0.532. The van der Waals surface area contributed by atoms with E-state index in [9.17, 15) is 9.18 Å². The molecule has 0 saturated carbocycles. The molecule has 1 saturated heterocycles. The number of rotatable bonds is 1. The summed E-state index contributed by atoms with van der Waals surface area (Å²) in [7, 11) is 1.27. The summed E-state index contributed by atoms with van der Waals surface area (Å²) in [6.07, 6.45) is -1.10. The van der Waals surface area contributed by atoms with Gasteiger partial charge in [-0.3, -0.25) is 0 Å². The Kier molecular flexibility index (Phi) is 2.82. The fourth-order valence-corrected chi connectivity index (χ4v) is 1.05. The lowest BCUT2D eigenvalue weighted by molar-refractivity contribution is -0.159. The average molecular weight is 162 g/mol. The van der Waals surface area contributed by atoms with Crippen molar-refractivity contribution in [2.45, 2.75) is 25.1 Å². The summed E-state index contributed by atoms with van der Waals surface area (Å²) in [6, 6.07) is 0. The molecule has 11 heavy (non-hydrogen) atoms. The summed E-state index contributed by atoms with van der Waals surface area (Å²) in [5.41, 5.74) is 0. The number of ether oxygens (including phenoxy) is 2. The summed E-state index contributed by atoms with van der Waals surface area (Å²) < 4.78 is 22.0. The Hall–Kier alpha value is -0.640. The molecule has 0 radical (unpaired) electrons. The van der Waals surface area contributed by atoms with Gasteiger partial charge in [0.2, 0.25) is 0 Å². The van der Waals surface area contributed by atoms with E-state index in [1.54, 1.807) is 0 Å². The van der Waals surface area contributed by atoms with Crippen LogP contribution in [0.15, 0.2) is 0 Å². The summed E-state index contributed by atoms with van der Waals surface area (Å²) in [6.45, 7) is 0.306. The van der Waals surface area contributed by atoms with Gasteiger partial charge in [0.05, 0.1) is 13.7 Å². The Labute approximate surface area is 64.5 Å². The van der Waals surface area contributed by atoms with Crippen LogP contribution in [-0.2, 0) is 14.3 Å². The van der Waals surface area contributed by atoms with Gasteiger partial charge in [-0.1, -0.05) is 0 Å². The van der Waals surface area contributed by atoms with E-state index in [0.717, 1.165) is 0 Å². The number of alkyl halides is 1. The Balaban J connectivity index is 2.39. The number of halogens is 1. The minimum Gasteiger partial charge on any atom is -0.467 e. The van der Waals surface area contributed by atoms with Crippen molar-refractivity contribution < 1.29 is 18.7 Å². The molecule has 0 N–H and O–H groups in total. The maximum absolute atomic E-state index is 12.6. The van der Waals surface area contributed by atoms with Crippen LogP contribution < -0.4 is 0 Å². The van der Waals surface area contributed by atoms with E-state index in [1.807, 2.05) is 0 Å². The van der Waals surface area contributed by atoms with E-state index in [4.69, 9.17) is 4.74 Å². The lowest BCUT2D eigenvalue weighted by atomic mass is 10.1. The maximum atomic E-state index is 12.6. The Morgan fingerprint density at radius 2 is 2.45 bits per heavy atom. The molecule has 0 aromatic rings. The van der Waals surface area contributed by atoms with Crippen LogP contribution in [0.5, 0.6) is 0 Å². The van der Waals surface area contributed by atoms with Crippen LogP contribution in [0.2, 0.25) is 0 Å². The van der Waals surface area contributed by atoms with Crippen molar-refractivity contribution in [1.29, 1.82) is 0 Å². The zero-order valence-corrected chi connectivity index (χ0v) is 6.38. The Bertz CT molecular complexity index is 149. The normalized spacial score (nSPS) is 31.5. The average Bonchev–Trinajstić information content (AvgIpc) is 2.03. The molecule has 1 rings (SSSR count). The van der Waals surface area contributed by atoms with Crippen LogP contribution in [-0.4, -0.2) is 32.0 Å². The molecule has 0 unspecified atom stereocenters. The third-order valence-electron chi connectivity index (χ3n) is 1.68. The third kappa shape index (κ3) is 2.15. The first-order valence-electron chi connectivity index (χ1n) is 3.57. The van der Waals surface area contributed by atoms with E-state index in [1.165, 1.54) is 7.11 Å². The molecule has 0 amide bonds. The molecule has 2 atom stereocenters. The fourth-order valence-electron chi connectivity index (χ4n) is 1.05. The maximum Gasteiger partial charge on any atom is 0.335 e. The van der Waals surface area contributed by atoms with Gasteiger partial charge in [0.15, 0.2) is 6.10 Å². The van der Waals surface area contributed by atoms with E-state index in [-0.39, 0.29) is 6.42 Å². The number of carbonyl (C=O) groups is 1. The molecule has 1 aliphatic rings. The summed E-state index contributed by atoms with van der Waals surface area (Å²) in [4.78, 5) is 10.8. The van der Waals surface area contributed by atoms with Crippen molar-refractivity contribution in [3.63, 3.8) is 0 Å². The highest BCUT2D eigenvalue weighted by Gasteiger charge is 2.28. The van der Waals surface area contributed by atoms with Crippen molar-refractivity contribution in [3.8, 4) is 0 Å². The van der Waals surface area contributed by atoms with Crippen LogP contribution >= 0.6 is 0 Å². The summed E-state index contributed by atoms with van der Waals surface area (Å²) in [5, 5.41) is 0. The van der Waals surface area contributed by atoms with Crippen molar-refractivity contribution in [2.24, 2.45) is 0 Å². The molecular weight excluding hydrogens is 151 g/mol. The second kappa shape index (κ2) is 3.67. The van der Waals surface area contributed by atoms with Gasteiger partial charge in [0, 0.05) is 12.8 Å². The van der Waals surface area contributed by atoms with Gasteiger partial charge in [-0.15, -0.1) is 0 Å². The highest BCUT2D eigenvalue weighted by molar-refractivity contribution is 5.74. The van der Waals surface area contributed by atoms with E-state index in [2.05, 4.69) is 4.74 Å². The van der Waals surface area contributed by atoms with Crippen molar-refractivity contribution in [3.05, 3.63) is 0 Å². The minimum atomic E-state index is -0.923. The molecule has 3 nitrogen and oxygen atoms in total. The topological polar surface area (TPSA) is 35.5 Å². The van der Waals surface area contributed by atoms with Gasteiger partial charge < -0.3 is 9.47 Å². The molecule has 0 aliphatic carbocycles. The first kappa shape index (κ1) is 8.46. The predicted molar refractivity (Wildman–Crippen MR) is 35.9 cm³/mol. The van der Waals surface area contributed by atoms with E-state index >= 15 is 0 Å². The monoisotopic (exact) mass is 162 g/mol. The van der Waals surface area contributed by atoms with Gasteiger partial charge in [0.1, 0.15) is 6.17 Å². The molecule has 0 bridgehead atoms. The predicted octanol–water partition coefficient (Wildman–Crippen LogP) is 0.676. The summed E-state index contributed by atoms with van der Waals surface area (Å²) in [5.74, 6) is -0.479. The number of methoxy groups -OCH3 is 1. The van der Waals surface area contributed by atoms with Crippen molar-refractivity contribution in [2.75, 3.05) is 13.7 Å². The van der Waals surface area contributed by atoms with Crippen LogP contribution in [0.4, 0.5) is 4.39 Å². The van der Waals surface area contributed by atoms with Crippen LogP contribution in [0.3, 0.4) is 0 Å². The largest absolute Gasteiger partial charge is 0.467 e. The number of hydrogen-bond donors (Lipinski definition) is 0. The molecule has 0 spiro atoms. The first-order chi connectivity index (χ1) is 5.24. The molecule has 1 heterocycles. The zero-order valence-electron chi connectivity index (χ0n) is 6.38. The minimum absolute atomic E-state index is 0.132. The van der Waals surface area contributed by atoms with Gasteiger partial charge in [-0.05, 0) is 0 Å². The van der Waals surface area contributed by atoms with Crippen molar-refractivity contribution >= 4 is 5.97 Å². The van der Waals surface area contributed by atoms with Gasteiger partial charge >= 0.3 is 5.97 Å². The molecule has 0 aromatic carbocycles. The van der Waals surface area contributed by atoms with Gasteiger partial charge in [-0.2, -0.15) is 0 Å². The van der Waals surface area contributed by atoms with Crippen molar-refractivity contribution in [1.82, 2.24) is 0 Å². The highest BCUT2D eigenvalue weighted by Crippen LogP contribution is 2.17. The second-order valence-corrected chi connectivity index (χ2v) is 2.50. The highest BCUT2D eigenvalue weighted by atomic mass is 19.1.